The number of ether oxygens (including phenoxy) is 1. The molecular weight excluding hydrogens is 373 g/mol. The van der Waals surface area contributed by atoms with E-state index < -0.39 is 16.7 Å². The van der Waals surface area contributed by atoms with Crippen LogP contribution < -0.4 is 15.6 Å². The molecule has 2 aromatic rings. The molecule has 0 aliphatic rings. The summed E-state index contributed by atoms with van der Waals surface area (Å²) in [5, 5.41) is 11.0. The molecule has 0 aromatic heterocycles. The third-order valence-electron chi connectivity index (χ3n) is 2.91. The van der Waals surface area contributed by atoms with Gasteiger partial charge in [-0.2, -0.15) is 0 Å². The van der Waals surface area contributed by atoms with E-state index in [1.165, 1.54) is 6.07 Å². The number of halogens is 2. The molecule has 0 heterocycles. The van der Waals surface area contributed by atoms with Crippen molar-refractivity contribution in [3.05, 3.63) is 68.2 Å². The van der Waals surface area contributed by atoms with E-state index in [9.17, 15) is 19.7 Å². The van der Waals surface area contributed by atoms with Crippen LogP contribution in [0.1, 0.15) is 10.4 Å². The summed E-state index contributed by atoms with van der Waals surface area (Å²) in [6.07, 6.45) is 0. The van der Waals surface area contributed by atoms with Crippen LogP contribution in [0.4, 0.5) is 5.69 Å². The third-order valence-corrected chi connectivity index (χ3v) is 3.47. The minimum atomic E-state index is -0.722. The second-order valence-corrected chi connectivity index (χ2v) is 5.51. The molecule has 0 atom stereocenters. The first-order chi connectivity index (χ1) is 11.9. The number of hydrogen-bond donors (Lipinski definition) is 2. The Morgan fingerprint density at radius 2 is 1.76 bits per heavy atom. The lowest BCUT2D eigenvalue weighted by molar-refractivity contribution is -0.384. The summed E-state index contributed by atoms with van der Waals surface area (Å²) in [5.74, 6) is -0.898. The number of nitro benzene ring substituents is 1. The van der Waals surface area contributed by atoms with Gasteiger partial charge in [0.1, 0.15) is 5.75 Å². The maximum atomic E-state index is 11.9. The number of nitro groups is 1. The maximum absolute atomic E-state index is 11.9. The summed E-state index contributed by atoms with van der Waals surface area (Å²) in [6.45, 7) is -0.337. The van der Waals surface area contributed by atoms with Gasteiger partial charge in [0.2, 0.25) is 0 Å². The predicted octanol–water partition coefficient (Wildman–Crippen LogP) is 2.74. The van der Waals surface area contributed by atoms with Gasteiger partial charge in [0, 0.05) is 17.2 Å². The van der Waals surface area contributed by atoms with Crippen molar-refractivity contribution in [2.24, 2.45) is 0 Å². The normalized spacial score (nSPS) is 10.0. The number of amides is 2. The Kier molecular flexibility index (Phi) is 6.15. The number of hydrogen-bond acceptors (Lipinski definition) is 5. The van der Waals surface area contributed by atoms with Gasteiger partial charge in [-0.3, -0.25) is 30.6 Å². The number of non-ortho nitro benzene ring substituents is 1. The standard InChI is InChI=1S/C15H11Cl2N3O5/c16-9-1-4-11(5-2-9)25-8-14(21)18-19-15(22)12-6-3-10(20(23)24)7-13(12)17/h1-7H,8H2,(H,18,21)(H,19,22). The lowest BCUT2D eigenvalue weighted by Crippen LogP contribution is -2.43. The monoisotopic (exact) mass is 383 g/mol. The summed E-state index contributed by atoms with van der Waals surface area (Å²) in [4.78, 5) is 33.6. The quantitative estimate of drug-likeness (QED) is 0.608. The van der Waals surface area contributed by atoms with E-state index >= 15 is 0 Å². The topological polar surface area (TPSA) is 111 Å². The van der Waals surface area contributed by atoms with E-state index in [1.54, 1.807) is 24.3 Å². The predicted molar refractivity (Wildman–Crippen MR) is 90.7 cm³/mol. The number of carbonyl (C=O) groups excluding carboxylic acids is 2. The van der Waals surface area contributed by atoms with Crippen molar-refractivity contribution in [1.82, 2.24) is 10.9 Å². The molecule has 0 fully saturated rings. The molecule has 10 heteroatoms. The fraction of sp³-hybridized carbons (Fsp3) is 0.0667. The lowest BCUT2D eigenvalue weighted by Gasteiger charge is -2.09. The molecule has 0 radical (unpaired) electrons. The molecule has 0 bridgehead atoms. The second-order valence-electron chi connectivity index (χ2n) is 4.67. The van der Waals surface area contributed by atoms with Crippen LogP contribution in [-0.2, 0) is 4.79 Å². The number of hydrazine groups is 1. The molecule has 0 saturated heterocycles. The molecule has 2 rings (SSSR count). The maximum Gasteiger partial charge on any atom is 0.276 e. The molecular formula is C15H11Cl2N3O5. The molecule has 130 valence electrons. The van der Waals surface area contributed by atoms with Gasteiger partial charge in [-0.25, -0.2) is 0 Å². The zero-order chi connectivity index (χ0) is 18.4. The van der Waals surface area contributed by atoms with Crippen LogP contribution in [-0.4, -0.2) is 23.3 Å². The Labute approximate surface area is 151 Å². The number of benzene rings is 2. The fourth-order valence-electron chi connectivity index (χ4n) is 1.71. The smallest absolute Gasteiger partial charge is 0.276 e. The van der Waals surface area contributed by atoms with Crippen molar-refractivity contribution in [3.8, 4) is 5.75 Å². The average molecular weight is 384 g/mol. The summed E-state index contributed by atoms with van der Waals surface area (Å²) in [5.41, 5.74) is 4.01. The van der Waals surface area contributed by atoms with Crippen molar-refractivity contribution in [1.29, 1.82) is 0 Å². The zero-order valence-electron chi connectivity index (χ0n) is 12.5. The Hall–Kier alpha value is -2.84. The van der Waals surface area contributed by atoms with Crippen LogP contribution in [0.3, 0.4) is 0 Å². The minimum Gasteiger partial charge on any atom is -0.484 e. The molecule has 2 amide bonds. The molecule has 0 aliphatic heterocycles. The fourth-order valence-corrected chi connectivity index (χ4v) is 2.10. The van der Waals surface area contributed by atoms with Gasteiger partial charge in [0.05, 0.1) is 15.5 Å². The Bertz CT molecular complexity index is 811. The van der Waals surface area contributed by atoms with Gasteiger partial charge in [-0.05, 0) is 30.3 Å². The van der Waals surface area contributed by atoms with Gasteiger partial charge in [0.15, 0.2) is 6.61 Å². The molecule has 0 aliphatic carbocycles. The van der Waals surface area contributed by atoms with Gasteiger partial charge < -0.3 is 4.74 Å². The average Bonchev–Trinajstić information content (AvgIpc) is 2.59. The van der Waals surface area contributed by atoms with E-state index in [0.29, 0.717) is 10.8 Å². The van der Waals surface area contributed by atoms with E-state index in [2.05, 4.69) is 10.9 Å². The minimum absolute atomic E-state index is 0.0220. The largest absolute Gasteiger partial charge is 0.484 e. The van der Waals surface area contributed by atoms with Gasteiger partial charge in [-0.15, -0.1) is 0 Å². The Balaban J connectivity index is 1.85. The highest BCUT2D eigenvalue weighted by atomic mass is 35.5. The van der Waals surface area contributed by atoms with Gasteiger partial charge in [-0.1, -0.05) is 23.2 Å². The van der Waals surface area contributed by atoms with Crippen molar-refractivity contribution in [2.45, 2.75) is 0 Å². The highest BCUT2D eigenvalue weighted by molar-refractivity contribution is 6.34. The molecule has 8 nitrogen and oxygen atoms in total. The number of rotatable bonds is 5. The van der Waals surface area contributed by atoms with Crippen LogP contribution in [0.2, 0.25) is 10.0 Å². The number of carbonyl (C=O) groups is 2. The van der Waals surface area contributed by atoms with E-state index in [1.807, 2.05) is 0 Å². The van der Waals surface area contributed by atoms with E-state index in [4.69, 9.17) is 27.9 Å². The first-order valence-electron chi connectivity index (χ1n) is 6.78. The SMILES string of the molecule is O=C(COc1ccc(Cl)cc1)NNC(=O)c1ccc([N+](=O)[O-])cc1Cl. The molecule has 0 saturated carbocycles. The second kappa shape index (κ2) is 8.32. The van der Waals surface area contributed by atoms with Crippen LogP contribution in [0.15, 0.2) is 42.5 Å². The lowest BCUT2D eigenvalue weighted by atomic mass is 10.2. The van der Waals surface area contributed by atoms with E-state index in [0.717, 1.165) is 12.1 Å². The number of nitrogens with zero attached hydrogens (tertiary/aromatic N) is 1. The van der Waals surface area contributed by atoms with Crippen molar-refractivity contribution in [3.63, 3.8) is 0 Å². The van der Waals surface area contributed by atoms with Crippen LogP contribution >= 0.6 is 23.2 Å². The van der Waals surface area contributed by atoms with Crippen LogP contribution in [0.25, 0.3) is 0 Å². The zero-order valence-corrected chi connectivity index (χ0v) is 14.0. The first kappa shape index (κ1) is 18.5. The van der Waals surface area contributed by atoms with Crippen molar-refractivity contribution in [2.75, 3.05) is 6.61 Å². The highest BCUT2D eigenvalue weighted by Crippen LogP contribution is 2.22. The summed E-state index contributed by atoms with van der Waals surface area (Å²) < 4.78 is 5.20. The van der Waals surface area contributed by atoms with Crippen LogP contribution in [0.5, 0.6) is 5.75 Å². The molecule has 0 unspecified atom stereocenters. The third kappa shape index (κ3) is 5.33. The summed E-state index contributed by atoms with van der Waals surface area (Å²) in [6, 6.07) is 9.75. The van der Waals surface area contributed by atoms with E-state index in [-0.39, 0.29) is 22.9 Å². The summed E-state index contributed by atoms with van der Waals surface area (Å²) >= 11 is 11.6. The van der Waals surface area contributed by atoms with Crippen molar-refractivity contribution < 1.29 is 19.2 Å². The molecule has 2 N–H and O–H groups in total. The van der Waals surface area contributed by atoms with Crippen LogP contribution in [0, 0.1) is 10.1 Å². The van der Waals surface area contributed by atoms with Crippen molar-refractivity contribution >= 4 is 40.7 Å². The Morgan fingerprint density at radius 3 is 2.36 bits per heavy atom. The van der Waals surface area contributed by atoms with Gasteiger partial charge >= 0.3 is 0 Å². The Morgan fingerprint density at radius 1 is 1.08 bits per heavy atom. The molecule has 0 spiro atoms. The first-order valence-corrected chi connectivity index (χ1v) is 7.54. The molecule has 2 aromatic carbocycles. The molecule has 25 heavy (non-hydrogen) atoms. The number of nitrogens with one attached hydrogen (secondary N) is 2. The summed E-state index contributed by atoms with van der Waals surface area (Å²) in [7, 11) is 0. The van der Waals surface area contributed by atoms with Gasteiger partial charge in [0.25, 0.3) is 17.5 Å². The highest BCUT2D eigenvalue weighted by Gasteiger charge is 2.15.